The maximum absolute atomic E-state index is 12.7. The maximum Gasteiger partial charge on any atom is 0.243 e. The third kappa shape index (κ3) is 3.83. The second-order valence-electron chi connectivity index (χ2n) is 7.10. The maximum atomic E-state index is 12.7. The van der Waals surface area contributed by atoms with Gasteiger partial charge in [0.05, 0.1) is 12.0 Å². The van der Waals surface area contributed by atoms with Crippen LogP contribution in [0.5, 0.6) is 0 Å². The molecule has 2 aromatic rings. The zero-order valence-electron chi connectivity index (χ0n) is 15.3. The quantitative estimate of drug-likeness (QED) is 0.771. The van der Waals surface area contributed by atoms with Crippen molar-refractivity contribution < 1.29 is 9.59 Å². The van der Waals surface area contributed by atoms with Crippen molar-refractivity contribution in [1.29, 1.82) is 0 Å². The average Bonchev–Trinajstić information content (AvgIpc) is 3.38. The first-order valence-electron chi connectivity index (χ1n) is 8.74. The lowest BCUT2D eigenvalue weighted by Crippen LogP contribution is -2.39. The van der Waals surface area contributed by atoms with E-state index in [1.807, 2.05) is 57.2 Å². The lowest BCUT2D eigenvalue weighted by atomic mass is 9.95. The van der Waals surface area contributed by atoms with Crippen LogP contribution in [-0.4, -0.2) is 18.4 Å². The monoisotopic (exact) mass is 414 g/mol. The summed E-state index contributed by atoms with van der Waals surface area (Å²) in [7, 11) is 0. The van der Waals surface area contributed by atoms with Crippen molar-refractivity contribution in [3.63, 3.8) is 0 Å². The fraction of sp³-hybridized carbons (Fsp3) is 0.333. The number of nitrogens with one attached hydrogen (secondary N) is 2. The molecule has 0 bridgehead atoms. The number of aryl methyl sites for hydroxylation is 3. The Morgan fingerprint density at radius 1 is 1.08 bits per heavy atom. The molecule has 0 aromatic heterocycles. The minimum absolute atomic E-state index is 0.0264. The number of hydrogen-bond acceptors (Lipinski definition) is 2. The van der Waals surface area contributed by atoms with Crippen LogP contribution in [0.3, 0.4) is 0 Å². The molecule has 1 fully saturated rings. The molecule has 1 aliphatic rings. The number of rotatable bonds is 5. The van der Waals surface area contributed by atoms with E-state index in [2.05, 4.69) is 26.6 Å². The Morgan fingerprint density at radius 2 is 1.73 bits per heavy atom. The molecular weight excluding hydrogens is 392 g/mol. The van der Waals surface area contributed by atoms with Crippen molar-refractivity contribution >= 4 is 33.4 Å². The normalized spacial score (nSPS) is 14.6. The summed E-state index contributed by atoms with van der Waals surface area (Å²) >= 11 is 3.45. The minimum atomic E-state index is -0.486. The van der Waals surface area contributed by atoms with Crippen molar-refractivity contribution in [3.05, 3.63) is 63.1 Å². The predicted molar refractivity (Wildman–Crippen MR) is 107 cm³/mol. The summed E-state index contributed by atoms with van der Waals surface area (Å²) < 4.78 is 0.956. The molecule has 1 aliphatic carbocycles. The summed E-state index contributed by atoms with van der Waals surface area (Å²) in [6.45, 7) is 5.95. The second kappa shape index (κ2) is 7.23. The highest BCUT2D eigenvalue weighted by Gasteiger charge is 2.51. The molecule has 2 aromatic carbocycles. The SMILES string of the molecule is Cc1cc(C)c(NC(=O)CNC(=O)C2(c3cccc(Br)c3)CC2)c(C)c1. The van der Waals surface area contributed by atoms with Gasteiger partial charge in [-0.3, -0.25) is 9.59 Å². The fourth-order valence-corrected chi connectivity index (χ4v) is 3.85. The lowest BCUT2D eigenvalue weighted by molar-refractivity contribution is -0.126. The van der Waals surface area contributed by atoms with Crippen LogP contribution < -0.4 is 10.6 Å². The van der Waals surface area contributed by atoms with Crippen molar-refractivity contribution in [3.8, 4) is 0 Å². The molecule has 0 saturated heterocycles. The van der Waals surface area contributed by atoms with Crippen LogP contribution in [0.2, 0.25) is 0 Å². The highest BCUT2D eigenvalue weighted by Crippen LogP contribution is 2.48. The van der Waals surface area contributed by atoms with Crippen molar-refractivity contribution in [1.82, 2.24) is 5.32 Å². The molecule has 2 amide bonds. The van der Waals surface area contributed by atoms with Crippen LogP contribution in [-0.2, 0) is 15.0 Å². The third-order valence-electron chi connectivity index (χ3n) is 4.91. The van der Waals surface area contributed by atoms with Gasteiger partial charge in [0.1, 0.15) is 0 Å². The topological polar surface area (TPSA) is 58.2 Å². The lowest BCUT2D eigenvalue weighted by Gasteiger charge is -2.17. The van der Waals surface area contributed by atoms with E-state index >= 15 is 0 Å². The number of halogens is 1. The van der Waals surface area contributed by atoms with Crippen LogP contribution in [0.1, 0.15) is 35.1 Å². The highest BCUT2D eigenvalue weighted by atomic mass is 79.9. The minimum Gasteiger partial charge on any atom is -0.346 e. The molecular formula is C21H23BrN2O2. The van der Waals surface area contributed by atoms with Gasteiger partial charge in [0.2, 0.25) is 11.8 Å². The molecule has 26 heavy (non-hydrogen) atoms. The highest BCUT2D eigenvalue weighted by molar-refractivity contribution is 9.10. The van der Waals surface area contributed by atoms with Gasteiger partial charge in [0.15, 0.2) is 0 Å². The Hall–Kier alpha value is -2.14. The number of anilines is 1. The first kappa shape index (κ1) is 18.6. The average molecular weight is 415 g/mol. The molecule has 0 atom stereocenters. The van der Waals surface area contributed by atoms with Crippen LogP contribution >= 0.6 is 15.9 Å². The van der Waals surface area contributed by atoms with Gasteiger partial charge in [-0.05, 0) is 62.4 Å². The molecule has 5 heteroatoms. The molecule has 0 unspecified atom stereocenters. The zero-order chi connectivity index (χ0) is 18.9. The van der Waals surface area contributed by atoms with Crippen LogP contribution in [0.25, 0.3) is 0 Å². The number of hydrogen-bond donors (Lipinski definition) is 2. The summed E-state index contributed by atoms with van der Waals surface area (Å²) in [5, 5.41) is 5.73. The van der Waals surface area contributed by atoms with Gasteiger partial charge in [-0.25, -0.2) is 0 Å². The van der Waals surface area contributed by atoms with E-state index in [4.69, 9.17) is 0 Å². The molecule has 0 spiro atoms. The molecule has 1 saturated carbocycles. The first-order valence-corrected chi connectivity index (χ1v) is 9.53. The van der Waals surface area contributed by atoms with Crippen LogP contribution in [0.4, 0.5) is 5.69 Å². The fourth-order valence-electron chi connectivity index (χ4n) is 3.45. The van der Waals surface area contributed by atoms with Gasteiger partial charge in [-0.15, -0.1) is 0 Å². The second-order valence-corrected chi connectivity index (χ2v) is 8.01. The van der Waals surface area contributed by atoms with E-state index in [-0.39, 0.29) is 18.4 Å². The molecule has 3 rings (SSSR count). The van der Waals surface area contributed by atoms with Crippen LogP contribution in [0, 0.1) is 20.8 Å². The molecule has 0 aliphatic heterocycles. The number of carbonyl (C=O) groups is 2. The molecule has 2 N–H and O–H groups in total. The Balaban J connectivity index is 1.62. The Morgan fingerprint density at radius 3 is 2.31 bits per heavy atom. The number of carbonyl (C=O) groups excluding carboxylic acids is 2. The van der Waals surface area contributed by atoms with Crippen molar-refractivity contribution in [2.45, 2.75) is 39.0 Å². The zero-order valence-corrected chi connectivity index (χ0v) is 16.9. The smallest absolute Gasteiger partial charge is 0.243 e. The molecule has 0 heterocycles. The third-order valence-corrected chi connectivity index (χ3v) is 5.41. The van der Waals surface area contributed by atoms with E-state index in [9.17, 15) is 9.59 Å². The Labute approximate surface area is 162 Å². The van der Waals surface area contributed by atoms with E-state index in [1.54, 1.807) is 0 Å². The van der Waals surface area contributed by atoms with Crippen molar-refractivity contribution in [2.24, 2.45) is 0 Å². The van der Waals surface area contributed by atoms with E-state index in [0.29, 0.717) is 0 Å². The summed E-state index contributed by atoms with van der Waals surface area (Å²) in [6.07, 6.45) is 1.63. The van der Waals surface area contributed by atoms with E-state index in [0.717, 1.165) is 45.3 Å². The predicted octanol–water partition coefficient (Wildman–Crippen LogP) is 4.16. The van der Waals surface area contributed by atoms with Gasteiger partial charge in [0, 0.05) is 10.2 Å². The van der Waals surface area contributed by atoms with Crippen LogP contribution in [0.15, 0.2) is 40.9 Å². The molecule has 136 valence electrons. The molecule has 4 nitrogen and oxygen atoms in total. The standard InChI is InChI=1S/C21H23BrN2O2/c1-13-9-14(2)19(15(3)10-13)24-18(25)12-23-20(26)21(7-8-21)16-5-4-6-17(22)11-16/h4-6,9-11H,7-8,12H2,1-3H3,(H,23,26)(H,24,25). The largest absolute Gasteiger partial charge is 0.346 e. The van der Waals surface area contributed by atoms with Gasteiger partial charge >= 0.3 is 0 Å². The van der Waals surface area contributed by atoms with Gasteiger partial charge < -0.3 is 10.6 Å². The summed E-state index contributed by atoms with van der Waals surface area (Å²) in [6, 6.07) is 11.9. The summed E-state index contributed by atoms with van der Waals surface area (Å²) in [4.78, 5) is 25.0. The first-order chi connectivity index (χ1) is 12.3. The van der Waals surface area contributed by atoms with E-state index < -0.39 is 5.41 Å². The van der Waals surface area contributed by atoms with Gasteiger partial charge in [0.25, 0.3) is 0 Å². The Kier molecular flexibility index (Phi) is 5.19. The Bertz CT molecular complexity index is 849. The van der Waals surface area contributed by atoms with Gasteiger partial charge in [-0.1, -0.05) is 45.8 Å². The number of amides is 2. The van der Waals surface area contributed by atoms with Gasteiger partial charge in [-0.2, -0.15) is 0 Å². The molecule has 0 radical (unpaired) electrons. The van der Waals surface area contributed by atoms with Crippen molar-refractivity contribution in [2.75, 3.05) is 11.9 Å². The van der Waals surface area contributed by atoms with E-state index in [1.165, 1.54) is 0 Å². The number of benzene rings is 2. The summed E-state index contributed by atoms with van der Waals surface area (Å²) in [5.74, 6) is -0.290. The summed E-state index contributed by atoms with van der Waals surface area (Å²) in [5.41, 5.74) is 4.54.